The van der Waals surface area contributed by atoms with Gasteiger partial charge in [-0.1, -0.05) is 35.2 Å². The molecule has 0 saturated heterocycles. The summed E-state index contributed by atoms with van der Waals surface area (Å²) in [4.78, 5) is 3.15. The Morgan fingerprint density at radius 3 is 2.76 bits per heavy atom. The Bertz CT molecular complexity index is 1340. The molecule has 9 heteroatoms. The Morgan fingerprint density at radius 2 is 2.03 bits per heavy atom. The molecule has 1 aromatic heterocycles. The number of fused-ring (bicyclic) bond motifs is 2. The lowest BCUT2D eigenvalue weighted by Gasteiger charge is -2.21. The molecule has 4 rings (SSSR count). The summed E-state index contributed by atoms with van der Waals surface area (Å²) in [5.74, 6) is 0.354. The number of para-hydroxylation sites is 1. The van der Waals surface area contributed by atoms with Gasteiger partial charge in [0.2, 0.25) is 5.52 Å². The molecule has 0 spiro atoms. The van der Waals surface area contributed by atoms with Crippen molar-refractivity contribution in [1.29, 1.82) is 0 Å². The van der Waals surface area contributed by atoms with E-state index in [0.29, 0.717) is 6.54 Å². The largest absolute Gasteiger partial charge is 0.748 e. The Morgan fingerprint density at radius 1 is 1.24 bits per heavy atom. The van der Waals surface area contributed by atoms with Crippen molar-refractivity contribution in [2.45, 2.75) is 31.7 Å². The molecule has 0 saturated carbocycles. The molecule has 0 fully saturated rings. The smallest absolute Gasteiger partial charge is 0.262 e. The fourth-order valence-electron chi connectivity index (χ4n) is 3.86. The summed E-state index contributed by atoms with van der Waals surface area (Å²) < 4.78 is 42.3. The van der Waals surface area contributed by atoms with E-state index in [1.54, 1.807) is 30.2 Å². The molecule has 1 aliphatic heterocycles. The normalized spacial score (nSPS) is 15.5. The molecule has 0 unspecified atom stereocenters. The molecule has 0 radical (unpaired) electrons. The van der Waals surface area contributed by atoms with Crippen LogP contribution in [0, 0.1) is 0 Å². The third-order valence-electron chi connectivity index (χ3n) is 5.37. The van der Waals surface area contributed by atoms with Crippen LogP contribution in [0.3, 0.4) is 0 Å². The fraction of sp³-hybridized carbons (Fsp3) is 0.292. The molecule has 3 aromatic rings. The number of hydrogen-bond acceptors (Lipinski definition) is 7. The van der Waals surface area contributed by atoms with Gasteiger partial charge in [0.25, 0.3) is 5.01 Å². The van der Waals surface area contributed by atoms with E-state index >= 15 is 0 Å². The monoisotopic (exact) mass is 502 g/mol. The minimum absolute atomic E-state index is 0.259. The number of benzene rings is 2. The van der Waals surface area contributed by atoms with Gasteiger partial charge in [-0.05, 0) is 50.1 Å². The molecule has 0 atom stereocenters. The Balaban J connectivity index is 1.67. The van der Waals surface area contributed by atoms with E-state index in [1.165, 1.54) is 15.2 Å². The van der Waals surface area contributed by atoms with Crippen LogP contribution in [-0.4, -0.2) is 32.4 Å². The van der Waals surface area contributed by atoms with Gasteiger partial charge in [-0.2, -0.15) is 4.57 Å². The Kier molecular flexibility index (Phi) is 7.13. The summed E-state index contributed by atoms with van der Waals surface area (Å²) in [5.41, 5.74) is 3.28. The van der Waals surface area contributed by atoms with Gasteiger partial charge in [0.1, 0.15) is 17.0 Å². The van der Waals surface area contributed by atoms with Crippen molar-refractivity contribution in [2.75, 3.05) is 24.3 Å². The second-order valence-corrected chi connectivity index (χ2v) is 11.4. The number of aromatic nitrogens is 1. The Hall–Kier alpha value is -2.33. The highest BCUT2D eigenvalue weighted by molar-refractivity contribution is 8.03. The van der Waals surface area contributed by atoms with Gasteiger partial charge >= 0.3 is 0 Å². The van der Waals surface area contributed by atoms with Gasteiger partial charge in [-0.25, -0.2) is 8.42 Å². The van der Waals surface area contributed by atoms with Crippen molar-refractivity contribution in [1.82, 2.24) is 0 Å². The third kappa shape index (κ3) is 5.43. The van der Waals surface area contributed by atoms with Crippen LogP contribution >= 0.6 is 23.1 Å². The van der Waals surface area contributed by atoms with Crippen LogP contribution < -0.4 is 14.2 Å². The number of ether oxygens (including phenoxy) is 1. The summed E-state index contributed by atoms with van der Waals surface area (Å²) in [7, 11) is -2.63. The van der Waals surface area contributed by atoms with Crippen molar-refractivity contribution in [3.8, 4) is 5.75 Å². The van der Waals surface area contributed by atoms with Gasteiger partial charge in [0.05, 0.1) is 27.9 Å². The zero-order chi connectivity index (χ0) is 23.6. The van der Waals surface area contributed by atoms with E-state index in [2.05, 4.69) is 59.7 Å². The topological polar surface area (TPSA) is 73.5 Å². The van der Waals surface area contributed by atoms with Crippen molar-refractivity contribution >= 4 is 55.2 Å². The van der Waals surface area contributed by atoms with Crippen molar-refractivity contribution in [3.63, 3.8) is 0 Å². The van der Waals surface area contributed by atoms with Crippen LogP contribution in [0.25, 0.3) is 16.3 Å². The lowest BCUT2D eigenvalue weighted by molar-refractivity contribution is -0.665. The van der Waals surface area contributed by atoms with E-state index in [0.717, 1.165) is 33.5 Å². The number of aryl methyl sites for hydroxylation is 1. The molecular formula is C24H26N2O4S3. The maximum Gasteiger partial charge on any atom is 0.262 e. The molecule has 33 heavy (non-hydrogen) atoms. The molecule has 0 aliphatic carbocycles. The highest BCUT2D eigenvalue weighted by Crippen LogP contribution is 2.47. The second-order valence-electron chi connectivity index (χ2n) is 7.73. The van der Waals surface area contributed by atoms with Gasteiger partial charge < -0.3 is 14.2 Å². The maximum atomic E-state index is 11.1. The molecule has 1 aliphatic rings. The second kappa shape index (κ2) is 9.89. The van der Waals surface area contributed by atoms with E-state index in [9.17, 15) is 13.0 Å². The number of nitrogens with zero attached hydrogens (tertiary/aromatic N) is 2. The van der Waals surface area contributed by atoms with E-state index in [-0.39, 0.29) is 12.2 Å². The minimum Gasteiger partial charge on any atom is -0.748 e. The highest BCUT2D eigenvalue weighted by atomic mass is 32.2. The van der Waals surface area contributed by atoms with Gasteiger partial charge in [0.15, 0.2) is 0 Å². The SMILES string of the molecule is CC[n+]1c(/C=C(C)/C=C2/Sc3ccc(OC)cc3N2CCCS(=O)(=O)[O-])sc2ccccc21. The zero-order valence-electron chi connectivity index (χ0n) is 18.8. The van der Waals surface area contributed by atoms with Crippen molar-refractivity contribution in [2.24, 2.45) is 0 Å². The van der Waals surface area contributed by atoms with Crippen LogP contribution in [0.5, 0.6) is 5.75 Å². The first-order valence-electron chi connectivity index (χ1n) is 10.7. The number of thioether (sulfide) groups is 1. The quantitative estimate of drug-likeness (QED) is 0.318. The summed E-state index contributed by atoms with van der Waals surface area (Å²) in [5, 5.41) is 2.18. The predicted octanol–water partition coefficient (Wildman–Crippen LogP) is 5.01. The summed E-state index contributed by atoms with van der Waals surface area (Å²) in [6.07, 6.45) is 4.56. The summed E-state index contributed by atoms with van der Waals surface area (Å²) in [6.45, 7) is 5.54. The lowest BCUT2D eigenvalue weighted by Crippen LogP contribution is -2.33. The van der Waals surface area contributed by atoms with Crippen LogP contribution in [0.4, 0.5) is 5.69 Å². The molecular weight excluding hydrogens is 476 g/mol. The highest BCUT2D eigenvalue weighted by Gasteiger charge is 2.26. The lowest BCUT2D eigenvalue weighted by atomic mass is 10.2. The number of allylic oxidation sites excluding steroid dienone is 2. The van der Waals surface area contributed by atoms with E-state index < -0.39 is 10.1 Å². The molecule has 6 nitrogen and oxygen atoms in total. The van der Waals surface area contributed by atoms with Gasteiger partial charge in [0, 0.05) is 35.4 Å². The van der Waals surface area contributed by atoms with Crippen LogP contribution in [0.1, 0.15) is 25.3 Å². The number of anilines is 1. The number of methoxy groups -OCH3 is 1. The minimum atomic E-state index is -4.25. The predicted molar refractivity (Wildman–Crippen MR) is 135 cm³/mol. The van der Waals surface area contributed by atoms with Crippen molar-refractivity contribution in [3.05, 3.63) is 64.2 Å². The van der Waals surface area contributed by atoms with E-state index in [4.69, 9.17) is 4.74 Å². The molecule has 174 valence electrons. The summed E-state index contributed by atoms with van der Waals surface area (Å²) in [6, 6.07) is 14.3. The third-order valence-corrected chi connectivity index (χ3v) is 8.38. The fourth-order valence-corrected chi connectivity index (χ4v) is 6.76. The van der Waals surface area contributed by atoms with Gasteiger partial charge in [-0.3, -0.25) is 0 Å². The number of thiazole rings is 1. The average Bonchev–Trinajstić information content (AvgIpc) is 3.29. The molecule has 2 aromatic carbocycles. The van der Waals surface area contributed by atoms with Gasteiger partial charge in [-0.15, -0.1) is 0 Å². The molecule has 0 amide bonds. The number of rotatable bonds is 8. The van der Waals surface area contributed by atoms with Crippen LogP contribution in [-0.2, 0) is 16.7 Å². The Labute approximate surface area is 202 Å². The standard InChI is InChI=1S/C24H26N2O4S3/c1-4-25-19-8-5-6-9-21(19)31-23(25)14-17(2)15-24-26(12-7-13-33(27,28)29)20-16-18(30-3)10-11-22(20)32-24/h5-6,8-11,14-16H,4,7,12-13H2,1-3H3. The van der Waals surface area contributed by atoms with Crippen LogP contribution in [0.2, 0.25) is 0 Å². The average molecular weight is 503 g/mol. The van der Waals surface area contributed by atoms with E-state index in [1.807, 2.05) is 18.2 Å². The molecule has 0 bridgehead atoms. The maximum absolute atomic E-state index is 11.1. The first-order chi connectivity index (χ1) is 15.8. The molecule has 0 N–H and O–H groups in total. The van der Waals surface area contributed by atoms with Crippen molar-refractivity contribution < 1.29 is 22.3 Å². The first-order valence-corrected chi connectivity index (χ1v) is 13.9. The summed E-state index contributed by atoms with van der Waals surface area (Å²) >= 11 is 3.40. The first kappa shape index (κ1) is 23.8. The zero-order valence-corrected chi connectivity index (χ0v) is 21.2. The number of hydrogen-bond donors (Lipinski definition) is 0. The van der Waals surface area contributed by atoms with Crippen LogP contribution in [0.15, 0.2) is 64.0 Å². The molecule has 2 heterocycles.